The second kappa shape index (κ2) is 8.05. The molecule has 0 bridgehead atoms. The number of amides is 1. The molecule has 0 saturated carbocycles. The predicted molar refractivity (Wildman–Crippen MR) is 106 cm³/mol. The van der Waals surface area contributed by atoms with E-state index in [0.717, 1.165) is 11.3 Å². The second-order valence-corrected chi connectivity index (χ2v) is 7.30. The van der Waals surface area contributed by atoms with Gasteiger partial charge in [0.15, 0.2) is 5.01 Å². The summed E-state index contributed by atoms with van der Waals surface area (Å²) in [5, 5.41) is 21.6. The van der Waals surface area contributed by atoms with Crippen LogP contribution in [0.2, 0.25) is 10.0 Å². The number of carbonyl (C=O) groups excluding carboxylic acids is 1. The van der Waals surface area contributed by atoms with Crippen molar-refractivity contribution in [2.45, 2.75) is 0 Å². The Bertz CT molecular complexity index is 987. The summed E-state index contributed by atoms with van der Waals surface area (Å²) < 4.78 is 0. The van der Waals surface area contributed by atoms with Crippen LogP contribution in [0.3, 0.4) is 0 Å². The third-order valence-electron chi connectivity index (χ3n) is 3.19. The number of anilines is 1. The van der Waals surface area contributed by atoms with Crippen LogP contribution < -0.4 is 5.32 Å². The maximum Gasteiger partial charge on any atom is 0.286 e. The lowest BCUT2D eigenvalue weighted by molar-refractivity contribution is 0.102. The number of hydrogen-bond donors (Lipinski definition) is 2. The minimum absolute atomic E-state index is 0.0167. The van der Waals surface area contributed by atoms with Crippen LogP contribution in [-0.2, 0) is 0 Å². The van der Waals surface area contributed by atoms with Gasteiger partial charge in [0.1, 0.15) is 5.75 Å². The van der Waals surface area contributed by atoms with E-state index in [2.05, 4.69) is 15.5 Å². The monoisotopic (exact) mass is 425 g/mol. The van der Waals surface area contributed by atoms with E-state index in [9.17, 15) is 9.90 Å². The van der Waals surface area contributed by atoms with Crippen LogP contribution in [0.4, 0.5) is 5.69 Å². The van der Waals surface area contributed by atoms with Crippen molar-refractivity contribution >= 4 is 68.8 Å². The van der Waals surface area contributed by atoms with Crippen molar-refractivity contribution < 1.29 is 9.90 Å². The summed E-state index contributed by atoms with van der Waals surface area (Å²) in [6.45, 7) is 0. The molecule has 9 heteroatoms. The van der Waals surface area contributed by atoms with Gasteiger partial charge in [-0.25, -0.2) is 0 Å². The molecule has 132 valence electrons. The summed E-state index contributed by atoms with van der Waals surface area (Å²) in [5.41, 5.74) is 1.27. The summed E-state index contributed by atoms with van der Waals surface area (Å²) in [4.78, 5) is 12.2. The molecule has 3 rings (SSSR count). The Hall–Kier alpha value is -2.12. The summed E-state index contributed by atoms with van der Waals surface area (Å²) in [7, 11) is 0. The Morgan fingerprint density at radius 2 is 1.77 bits per heavy atom. The zero-order valence-electron chi connectivity index (χ0n) is 12.9. The molecule has 1 aromatic heterocycles. The van der Waals surface area contributed by atoms with Crippen LogP contribution in [0.15, 0.2) is 42.5 Å². The molecule has 1 heterocycles. The molecule has 26 heavy (non-hydrogen) atoms. The van der Waals surface area contributed by atoms with E-state index in [1.165, 1.54) is 6.07 Å². The summed E-state index contributed by atoms with van der Waals surface area (Å²) in [5.74, 6) is -0.412. The van der Waals surface area contributed by atoms with Crippen LogP contribution in [-0.4, -0.2) is 21.2 Å². The highest BCUT2D eigenvalue weighted by Crippen LogP contribution is 2.29. The van der Waals surface area contributed by atoms with Gasteiger partial charge in [-0.3, -0.25) is 4.79 Å². The fourth-order valence-electron chi connectivity index (χ4n) is 1.95. The highest BCUT2D eigenvalue weighted by atomic mass is 35.5. The highest BCUT2D eigenvalue weighted by Gasteiger charge is 2.15. The lowest BCUT2D eigenvalue weighted by Gasteiger charge is -2.01. The Morgan fingerprint density at radius 1 is 1.08 bits per heavy atom. The van der Waals surface area contributed by atoms with Crippen LogP contribution in [0.1, 0.15) is 20.4 Å². The van der Waals surface area contributed by atoms with Gasteiger partial charge < -0.3 is 10.4 Å². The third kappa shape index (κ3) is 4.53. The van der Waals surface area contributed by atoms with Crippen molar-refractivity contribution in [3.8, 4) is 5.75 Å². The van der Waals surface area contributed by atoms with Crippen molar-refractivity contribution in [3.63, 3.8) is 0 Å². The second-order valence-electron chi connectivity index (χ2n) is 5.08. The predicted octanol–water partition coefficient (Wildman–Crippen LogP) is 5.54. The van der Waals surface area contributed by atoms with E-state index in [1.807, 2.05) is 0 Å². The van der Waals surface area contributed by atoms with Crippen molar-refractivity contribution in [1.29, 1.82) is 0 Å². The number of nitrogens with zero attached hydrogens (tertiary/aromatic N) is 2. The first-order valence-electron chi connectivity index (χ1n) is 7.19. The topological polar surface area (TPSA) is 75.1 Å². The molecule has 5 nitrogen and oxygen atoms in total. The SMILES string of the molecule is O=C(Nc1ccc(Cl)cc1)c1nnc(C(Cl)=Cc2ccc(O)c(Cl)c2)s1. The lowest BCUT2D eigenvalue weighted by atomic mass is 10.2. The molecule has 0 atom stereocenters. The molecule has 0 fully saturated rings. The molecular weight excluding hydrogens is 417 g/mol. The number of phenols is 1. The zero-order valence-corrected chi connectivity index (χ0v) is 16.0. The molecule has 0 aliphatic heterocycles. The maximum atomic E-state index is 12.2. The van der Waals surface area contributed by atoms with Crippen molar-refractivity contribution in [2.75, 3.05) is 5.32 Å². The van der Waals surface area contributed by atoms with Crippen LogP contribution >= 0.6 is 46.1 Å². The number of benzene rings is 2. The quantitative estimate of drug-likeness (QED) is 0.574. The molecule has 0 unspecified atom stereocenters. The molecule has 3 aromatic rings. The van der Waals surface area contributed by atoms with Crippen molar-refractivity contribution in [3.05, 3.63) is 68.1 Å². The first kappa shape index (κ1) is 18.7. The van der Waals surface area contributed by atoms with Crippen LogP contribution in [0, 0.1) is 0 Å². The maximum absolute atomic E-state index is 12.2. The summed E-state index contributed by atoms with van der Waals surface area (Å²) >= 11 is 19.0. The number of aromatic hydroxyl groups is 1. The fraction of sp³-hybridized carbons (Fsp3) is 0. The lowest BCUT2D eigenvalue weighted by Crippen LogP contribution is -2.11. The first-order valence-corrected chi connectivity index (χ1v) is 9.14. The first-order chi connectivity index (χ1) is 12.4. The van der Waals surface area contributed by atoms with E-state index in [4.69, 9.17) is 34.8 Å². The molecule has 0 radical (unpaired) electrons. The zero-order chi connectivity index (χ0) is 18.7. The van der Waals surface area contributed by atoms with Gasteiger partial charge in [0.2, 0.25) is 5.01 Å². The van der Waals surface area contributed by atoms with Gasteiger partial charge in [0.25, 0.3) is 5.91 Å². The van der Waals surface area contributed by atoms with Crippen molar-refractivity contribution in [2.24, 2.45) is 0 Å². The Morgan fingerprint density at radius 3 is 2.46 bits per heavy atom. The largest absolute Gasteiger partial charge is 0.506 e. The van der Waals surface area contributed by atoms with Gasteiger partial charge in [-0.05, 0) is 48.0 Å². The van der Waals surface area contributed by atoms with E-state index in [1.54, 1.807) is 42.5 Å². The summed E-state index contributed by atoms with van der Waals surface area (Å²) in [6.07, 6.45) is 1.62. The van der Waals surface area contributed by atoms with Crippen LogP contribution in [0.5, 0.6) is 5.75 Å². The number of aromatic nitrogens is 2. The molecule has 2 N–H and O–H groups in total. The molecule has 0 saturated heterocycles. The van der Waals surface area contributed by atoms with E-state index in [0.29, 0.717) is 26.3 Å². The standard InChI is InChI=1S/C17H10Cl3N3O2S/c18-10-2-4-11(5-3-10)21-15(25)17-23-22-16(26-17)13(20)8-9-1-6-14(24)12(19)7-9/h1-8,24H,(H,21,25). The number of phenolic OH excluding ortho intramolecular Hbond substituents is 1. The molecule has 0 spiro atoms. The van der Waals surface area contributed by atoms with Crippen LogP contribution in [0.25, 0.3) is 11.1 Å². The van der Waals surface area contributed by atoms with E-state index >= 15 is 0 Å². The minimum Gasteiger partial charge on any atom is -0.506 e. The van der Waals surface area contributed by atoms with Gasteiger partial charge in [0, 0.05) is 10.7 Å². The van der Waals surface area contributed by atoms with Gasteiger partial charge in [-0.2, -0.15) is 0 Å². The Balaban J connectivity index is 1.75. The van der Waals surface area contributed by atoms with E-state index < -0.39 is 5.91 Å². The number of carbonyl (C=O) groups is 1. The number of nitrogens with one attached hydrogen (secondary N) is 1. The van der Waals surface area contributed by atoms with Gasteiger partial charge in [-0.1, -0.05) is 52.2 Å². The third-order valence-corrected chi connectivity index (χ3v) is 5.10. The van der Waals surface area contributed by atoms with E-state index in [-0.39, 0.29) is 15.8 Å². The highest BCUT2D eigenvalue weighted by molar-refractivity contribution is 7.15. The molecule has 2 aromatic carbocycles. The normalized spacial score (nSPS) is 11.4. The van der Waals surface area contributed by atoms with Gasteiger partial charge >= 0.3 is 0 Å². The fourth-order valence-corrected chi connectivity index (χ4v) is 3.19. The average molecular weight is 427 g/mol. The number of halogens is 3. The number of hydrogen-bond acceptors (Lipinski definition) is 5. The molecule has 0 aliphatic rings. The molecule has 1 amide bonds. The Kier molecular flexibility index (Phi) is 5.78. The van der Waals surface area contributed by atoms with Gasteiger partial charge in [-0.15, -0.1) is 10.2 Å². The van der Waals surface area contributed by atoms with Gasteiger partial charge in [0.05, 0.1) is 10.1 Å². The smallest absolute Gasteiger partial charge is 0.286 e. The Labute approximate surface area is 167 Å². The molecule has 0 aliphatic carbocycles. The summed E-state index contributed by atoms with van der Waals surface area (Å²) in [6, 6.07) is 11.4. The molecular formula is C17H10Cl3N3O2S. The minimum atomic E-state index is -0.395. The van der Waals surface area contributed by atoms with Crippen molar-refractivity contribution in [1.82, 2.24) is 10.2 Å². The number of rotatable bonds is 4. The average Bonchev–Trinajstić information content (AvgIpc) is 3.10.